The van der Waals surface area contributed by atoms with Crippen LogP contribution < -0.4 is 5.32 Å². The highest BCUT2D eigenvalue weighted by Gasteiger charge is 2.22. The first-order valence-electron chi connectivity index (χ1n) is 6.25. The summed E-state index contributed by atoms with van der Waals surface area (Å²) >= 11 is 0. The summed E-state index contributed by atoms with van der Waals surface area (Å²) in [7, 11) is 0. The zero-order valence-corrected chi connectivity index (χ0v) is 11.0. The average molecular weight is 238 g/mol. The molecule has 0 aromatic rings. The highest BCUT2D eigenvalue weighted by Crippen LogP contribution is 2.28. The van der Waals surface area contributed by atoms with Crippen molar-refractivity contribution in [1.82, 2.24) is 5.32 Å². The number of nitrogens with zero attached hydrogens (tertiary/aromatic N) is 1. The molecule has 1 amide bonds. The van der Waals surface area contributed by atoms with Crippen molar-refractivity contribution in [2.24, 2.45) is 11.8 Å². The summed E-state index contributed by atoms with van der Waals surface area (Å²) in [5, 5.41) is 11.5. The second kappa shape index (κ2) is 5.90. The van der Waals surface area contributed by atoms with Gasteiger partial charge in [-0.2, -0.15) is 5.26 Å². The fourth-order valence-corrected chi connectivity index (χ4v) is 1.99. The van der Waals surface area contributed by atoms with E-state index < -0.39 is 0 Å². The molecule has 0 heterocycles. The Balaban J connectivity index is 2.20. The smallest absolute Gasteiger partial charge is 0.407 e. The lowest BCUT2D eigenvalue weighted by molar-refractivity contribution is 0.106. The summed E-state index contributed by atoms with van der Waals surface area (Å²) in [5.41, 5.74) is -0.254. The zero-order chi connectivity index (χ0) is 12.9. The van der Waals surface area contributed by atoms with E-state index in [0.717, 1.165) is 25.7 Å². The lowest BCUT2D eigenvalue weighted by Gasteiger charge is -2.25. The third-order valence-electron chi connectivity index (χ3n) is 2.96. The van der Waals surface area contributed by atoms with E-state index in [9.17, 15) is 4.79 Å². The molecule has 17 heavy (non-hydrogen) atoms. The van der Waals surface area contributed by atoms with Crippen LogP contribution in [0.25, 0.3) is 0 Å². The van der Waals surface area contributed by atoms with Crippen LogP contribution in [0.3, 0.4) is 0 Å². The largest absolute Gasteiger partial charge is 0.449 e. The van der Waals surface area contributed by atoms with Gasteiger partial charge in [-0.3, -0.25) is 0 Å². The normalized spacial score (nSPS) is 24.8. The van der Waals surface area contributed by atoms with Gasteiger partial charge in [0.25, 0.3) is 0 Å². The first kappa shape index (κ1) is 13.8. The van der Waals surface area contributed by atoms with Gasteiger partial charge in [0.2, 0.25) is 0 Å². The van der Waals surface area contributed by atoms with Crippen LogP contribution in [0.4, 0.5) is 4.79 Å². The van der Waals surface area contributed by atoms with E-state index in [2.05, 4.69) is 11.4 Å². The maximum Gasteiger partial charge on any atom is 0.407 e. The molecule has 96 valence electrons. The third-order valence-corrected chi connectivity index (χ3v) is 2.96. The molecule has 1 saturated carbocycles. The molecule has 1 N–H and O–H groups in total. The molecule has 1 rings (SSSR count). The van der Waals surface area contributed by atoms with Gasteiger partial charge < -0.3 is 10.1 Å². The highest BCUT2D eigenvalue weighted by molar-refractivity contribution is 5.68. The maximum atomic E-state index is 11.4. The van der Waals surface area contributed by atoms with Crippen molar-refractivity contribution in [2.75, 3.05) is 6.61 Å². The molecule has 0 bridgehead atoms. The van der Waals surface area contributed by atoms with E-state index in [0.29, 0.717) is 12.5 Å². The first-order chi connectivity index (χ1) is 7.90. The molecular weight excluding hydrogens is 216 g/mol. The van der Waals surface area contributed by atoms with Crippen molar-refractivity contribution in [3.8, 4) is 6.07 Å². The molecular formula is C13H22N2O2. The molecule has 0 aliphatic heterocycles. The Bertz CT molecular complexity index is 294. The van der Waals surface area contributed by atoms with Crippen LogP contribution in [0.5, 0.6) is 0 Å². The monoisotopic (exact) mass is 238 g/mol. The number of carbonyl (C=O) groups is 1. The number of carbonyl (C=O) groups excluding carboxylic acids is 1. The number of hydrogen-bond acceptors (Lipinski definition) is 3. The Hall–Kier alpha value is -1.24. The van der Waals surface area contributed by atoms with Crippen LogP contribution >= 0.6 is 0 Å². The third kappa shape index (κ3) is 5.58. The SMILES string of the molecule is CC(C)(C)NC(=O)OCC1CCC(C#N)CC1. The van der Waals surface area contributed by atoms with Gasteiger partial charge in [0.15, 0.2) is 0 Å². The maximum absolute atomic E-state index is 11.4. The minimum Gasteiger partial charge on any atom is -0.449 e. The van der Waals surface area contributed by atoms with E-state index in [-0.39, 0.29) is 17.6 Å². The summed E-state index contributed by atoms with van der Waals surface area (Å²) in [6, 6.07) is 2.30. The van der Waals surface area contributed by atoms with E-state index in [1.54, 1.807) is 0 Å². The predicted octanol–water partition coefficient (Wildman–Crippen LogP) is 2.84. The fourth-order valence-electron chi connectivity index (χ4n) is 1.99. The standard InChI is InChI=1S/C13H22N2O2/c1-13(2,3)15-12(16)17-9-11-6-4-10(8-14)5-7-11/h10-11H,4-7,9H2,1-3H3,(H,15,16). The quantitative estimate of drug-likeness (QED) is 0.804. The number of alkyl carbamates (subject to hydrolysis) is 1. The van der Waals surface area contributed by atoms with Crippen molar-refractivity contribution in [3.63, 3.8) is 0 Å². The average Bonchev–Trinajstić information content (AvgIpc) is 2.25. The summed E-state index contributed by atoms with van der Waals surface area (Å²) in [5.74, 6) is 0.625. The van der Waals surface area contributed by atoms with Crippen LogP contribution in [0.15, 0.2) is 0 Å². The number of rotatable bonds is 2. The number of amides is 1. The number of nitrogens with one attached hydrogen (secondary N) is 1. The number of nitriles is 1. The topological polar surface area (TPSA) is 62.1 Å². The van der Waals surface area contributed by atoms with Crippen molar-refractivity contribution in [1.29, 1.82) is 5.26 Å². The van der Waals surface area contributed by atoms with Crippen molar-refractivity contribution in [3.05, 3.63) is 0 Å². The molecule has 4 heteroatoms. The summed E-state index contributed by atoms with van der Waals surface area (Å²) < 4.78 is 5.19. The van der Waals surface area contributed by atoms with Gasteiger partial charge in [0.1, 0.15) is 0 Å². The number of hydrogen-bond donors (Lipinski definition) is 1. The molecule has 1 fully saturated rings. The van der Waals surface area contributed by atoms with Crippen molar-refractivity contribution >= 4 is 6.09 Å². The van der Waals surface area contributed by atoms with Gasteiger partial charge in [-0.15, -0.1) is 0 Å². The first-order valence-corrected chi connectivity index (χ1v) is 6.25. The summed E-state index contributed by atoms with van der Waals surface area (Å²) in [6.07, 6.45) is 3.50. The lowest BCUT2D eigenvalue weighted by atomic mass is 9.83. The van der Waals surface area contributed by atoms with Gasteiger partial charge in [-0.05, 0) is 52.4 Å². The molecule has 0 aromatic carbocycles. The molecule has 0 aromatic heterocycles. The molecule has 0 saturated heterocycles. The van der Waals surface area contributed by atoms with E-state index >= 15 is 0 Å². The lowest BCUT2D eigenvalue weighted by Crippen LogP contribution is -2.41. The van der Waals surface area contributed by atoms with Crippen molar-refractivity contribution in [2.45, 2.75) is 52.0 Å². The van der Waals surface area contributed by atoms with Gasteiger partial charge in [-0.25, -0.2) is 4.79 Å². The minimum absolute atomic E-state index is 0.203. The van der Waals surface area contributed by atoms with Crippen LogP contribution in [-0.2, 0) is 4.74 Å². The van der Waals surface area contributed by atoms with Crippen LogP contribution in [0.1, 0.15) is 46.5 Å². The Morgan fingerprint density at radius 1 is 1.35 bits per heavy atom. The van der Waals surface area contributed by atoms with Gasteiger partial charge in [0.05, 0.1) is 12.7 Å². The summed E-state index contributed by atoms with van der Waals surface area (Å²) in [6.45, 7) is 6.24. The second-order valence-electron chi connectivity index (χ2n) is 5.82. The van der Waals surface area contributed by atoms with Gasteiger partial charge in [-0.1, -0.05) is 0 Å². The Labute approximate surface area is 103 Å². The fraction of sp³-hybridized carbons (Fsp3) is 0.846. The van der Waals surface area contributed by atoms with Crippen LogP contribution in [-0.4, -0.2) is 18.2 Å². The zero-order valence-electron chi connectivity index (χ0n) is 11.0. The molecule has 0 unspecified atom stereocenters. The second-order valence-corrected chi connectivity index (χ2v) is 5.82. The van der Waals surface area contributed by atoms with E-state index in [1.165, 1.54) is 0 Å². The Morgan fingerprint density at radius 3 is 2.41 bits per heavy atom. The van der Waals surface area contributed by atoms with Gasteiger partial charge >= 0.3 is 6.09 Å². The molecule has 0 spiro atoms. The van der Waals surface area contributed by atoms with Gasteiger partial charge in [0, 0.05) is 11.5 Å². The molecule has 1 aliphatic carbocycles. The molecule has 1 aliphatic rings. The van der Waals surface area contributed by atoms with Crippen LogP contribution in [0, 0.1) is 23.2 Å². The van der Waals surface area contributed by atoms with E-state index in [4.69, 9.17) is 10.00 Å². The predicted molar refractivity (Wildman–Crippen MR) is 65.3 cm³/mol. The Kier molecular flexibility index (Phi) is 4.80. The Morgan fingerprint density at radius 2 is 1.94 bits per heavy atom. The molecule has 4 nitrogen and oxygen atoms in total. The number of ether oxygens (including phenoxy) is 1. The van der Waals surface area contributed by atoms with Crippen LogP contribution in [0.2, 0.25) is 0 Å². The molecule has 0 atom stereocenters. The molecule has 0 radical (unpaired) electrons. The summed E-state index contributed by atoms with van der Waals surface area (Å²) in [4.78, 5) is 11.4. The van der Waals surface area contributed by atoms with Crippen molar-refractivity contribution < 1.29 is 9.53 Å². The highest BCUT2D eigenvalue weighted by atomic mass is 16.5. The minimum atomic E-state index is -0.347. The van der Waals surface area contributed by atoms with E-state index in [1.807, 2.05) is 20.8 Å².